The lowest BCUT2D eigenvalue weighted by molar-refractivity contribution is -0.192. The van der Waals surface area contributed by atoms with Crippen LogP contribution in [0.3, 0.4) is 0 Å². The van der Waals surface area contributed by atoms with Crippen LogP contribution in [0.15, 0.2) is 77.9 Å². The number of carbonyl (C=O) groups is 3. The van der Waals surface area contributed by atoms with Crippen LogP contribution in [0.5, 0.6) is 0 Å². The Kier molecular flexibility index (Phi) is 10.7. The number of halogens is 3. The van der Waals surface area contributed by atoms with Gasteiger partial charge in [-0.15, -0.1) is 0 Å². The van der Waals surface area contributed by atoms with E-state index in [0.29, 0.717) is 11.1 Å². The van der Waals surface area contributed by atoms with Crippen molar-refractivity contribution in [2.45, 2.75) is 18.6 Å². The normalized spacial score (nSPS) is 11.5. The van der Waals surface area contributed by atoms with E-state index in [2.05, 4.69) is 16.5 Å². The first-order chi connectivity index (χ1) is 18.5. The predicted octanol–water partition coefficient (Wildman–Crippen LogP) is 3.67. The number of carboxylic acids is 1. The molecule has 0 aliphatic heterocycles. The SMILES string of the molecule is COC(=O)[C@H](Cc1cccc(C=NN)c1)NC(=O)c1ccc(-c2ccccc2C#N)cc1.O=C(O)C(F)(F)F. The maximum atomic E-state index is 12.8. The van der Waals surface area contributed by atoms with Gasteiger partial charge in [-0.1, -0.05) is 54.6 Å². The van der Waals surface area contributed by atoms with E-state index in [1.807, 2.05) is 36.4 Å². The molecule has 1 amide bonds. The minimum atomic E-state index is -5.08. The number of aliphatic carboxylic acids is 1. The highest BCUT2D eigenvalue weighted by molar-refractivity contribution is 5.97. The zero-order chi connectivity index (χ0) is 29.0. The topological polar surface area (TPSA) is 155 Å². The number of rotatable bonds is 7. The van der Waals surface area contributed by atoms with Crippen LogP contribution in [0, 0.1) is 11.3 Å². The number of nitrogens with one attached hydrogen (secondary N) is 1. The van der Waals surface area contributed by atoms with E-state index in [0.717, 1.165) is 22.3 Å². The number of carboxylic acid groups (broad SMARTS) is 1. The predicted molar refractivity (Wildman–Crippen MR) is 135 cm³/mol. The lowest BCUT2D eigenvalue weighted by Crippen LogP contribution is -2.43. The first-order valence-electron chi connectivity index (χ1n) is 11.1. The highest BCUT2D eigenvalue weighted by atomic mass is 19.4. The first-order valence-corrected chi connectivity index (χ1v) is 11.1. The van der Waals surface area contributed by atoms with Crippen LogP contribution in [0.1, 0.15) is 27.0 Å². The van der Waals surface area contributed by atoms with Crippen LogP contribution in [-0.4, -0.2) is 48.5 Å². The van der Waals surface area contributed by atoms with Gasteiger partial charge in [0.1, 0.15) is 6.04 Å². The van der Waals surface area contributed by atoms with Gasteiger partial charge in [0.05, 0.1) is 25.0 Å². The summed E-state index contributed by atoms with van der Waals surface area (Å²) >= 11 is 0. The average Bonchev–Trinajstić information content (AvgIpc) is 2.92. The number of nitriles is 1. The molecular formula is C27H23F3N4O5. The number of hydrazone groups is 1. The zero-order valence-corrected chi connectivity index (χ0v) is 20.5. The smallest absolute Gasteiger partial charge is 0.475 e. The molecule has 0 unspecified atom stereocenters. The Bertz CT molecular complexity index is 1380. The molecule has 12 heteroatoms. The second-order valence-electron chi connectivity index (χ2n) is 7.81. The molecule has 1 atom stereocenters. The van der Waals surface area contributed by atoms with Crippen LogP contribution >= 0.6 is 0 Å². The number of benzene rings is 3. The van der Waals surface area contributed by atoms with Gasteiger partial charge in [-0.05, 0) is 40.5 Å². The average molecular weight is 540 g/mol. The minimum Gasteiger partial charge on any atom is -0.475 e. The fraction of sp³-hybridized carbons (Fsp3) is 0.148. The van der Waals surface area contributed by atoms with E-state index < -0.39 is 30.1 Å². The van der Waals surface area contributed by atoms with Crippen molar-refractivity contribution in [3.05, 3.63) is 95.1 Å². The van der Waals surface area contributed by atoms with Gasteiger partial charge >= 0.3 is 18.1 Å². The molecular weight excluding hydrogens is 517 g/mol. The van der Waals surface area contributed by atoms with E-state index in [1.165, 1.54) is 13.3 Å². The third kappa shape index (κ3) is 9.01. The molecule has 3 rings (SSSR count). The minimum absolute atomic E-state index is 0.248. The van der Waals surface area contributed by atoms with E-state index in [4.69, 9.17) is 20.5 Å². The summed E-state index contributed by atoms with van der Waals surface area (Å²) in [7, 11) is 1.28. The van der Waals surface area contributed by atoms with Crippen LogP contribution in [0.4, 0.5) is 13.2 Å². The monoisotopic (exact) mass is 540 g/mol. The van der Waals surface area contributed by atoms with Gasteiger partial charge in [0, 0.05) is 12.0 Å². The van der Waals surface area contributed by atoms with Gasteiger partial charge in [-0.25, -0.2) is 9.59 Å². The molecule has 0 heterocycles. The van der Waals surface area contributed by atoms with E-state index in [1.54, 1.807) is 36.4 Å². The number of amides is 1. The molecule has 0 aromatic heterocycles. The molecule has 202 valence electrons. The number of carbonyl (C=O) groups excluding carboxylic acids is 2. The summed E-state index contributed by atoms with van der Waals surface area (Å²) in [6, 6.07) is 22.7. The number of nitrogens with two attached hydrogens (primary N) is 1. The Morgan fingerprint density at radius 1 is 1.10 bits per heavy atom. The van der Waals surface area contributed by atoms with Crippen LogP contribution in [0.2, 0.25) is 0 Å². The third-order valence-electron chi connectivity index (χ3n) is 5.15. The van der Waals surface area contributed by atoms with Crippen molar-refractivity contribution >= 4 is 24.1 Å². The largest absolute Gasteiger partial charge is 0.490 e. The summed E-state index contributed by atoms with van der Waals surface area (Å²) in [5.74, 6) is 1.49. The summed E-state index contributed by atoms with van der Waals surface area (Å²) in [5, 5.41) is 22.7. The van der Waals surface area contributed by atoms with Crippen molar-refractivity contribution in [1.82, 2.24) is 5.32 Å². The standard InChI is InChI=1S/C25H22N4O3.C2HF3O2/c1-32-25(31)23(14-17-5-4-6-18(13-17)16-28-27)29-24(30)20-11-9-19(10-12-20)22-8-3-2-7-21(22)15-26;3-2(4,5)1(6)7/h2-13,16,23H,14,27H2,1H3,(H,29,30);(H,6,7)/t23-;/m0./s1. The fourth-order valence-corrected chi connectivity index (χ4v) is 3.33. The van der Waals surface area contributed by atoms with Crippen molar-refractivity contribution < 1.29 is 37.4 Å². The first kappa shape index (κ1) is 30.0. The summed E-state index contributed by atoms with van der Waals surface area (Å²) < 4.78 is 36.6. The Morgan fingerprint density at radius 2 is 1.74 bits per heavy atom. The van der Waals surface area contributed by atoms with Crippen LogP contribution < -0.4 is 11.2 Å². The van der Waals surface area contributed by atoms with Crippen molar-refractivity contribution in [2.75, 3.05) is 7.11 Å². The lowest BCUT2D eigenvalue weighted by Gasteiger charge is -2.17. The van der Waals surface area contributed by atoms with Crippen molar-refractivity contribution in [3.63, 3.8) is 0 Å². The summed E-state index contributed by atoms with van der Waals surface area (Å²) in [6.45, 7) is 0. The van der Waals surface area contributed by atoms with E-state index >= 15 is 0 Å². The van der Waals surface area contributed by atoms with Gasteiger partial charge in [-0.2, -0.15) is 23.5 Å². The maximum absolute atomic E-state index is 12.8. The second-order valence-corrected chi connectivity index (χ2v) is 7.81. The molecule has 0 saturated carbocycles. The molecule has 0 saturated heterocycles. The Hall–Kier alpha value is -5.18. The molecule has 0 aliphatic rings. The summed E-state index contributed by atoms with van der Waals surface area (Å²) in [5.41, 5.74) is 4.16. The molecule has 0 spiro atoms. The second kappa shape index (κ2) is 13.9. The molecule has 9 nitrogen and oxygen atoms in total. The number of hydrogen-bond donors (Lipinski definition) is 3. The molecule has 0 radical (unpaired) electrons. The van der Waals surface area contributed by atoms with Gasteiger partial charge in [0.2, 0.25) is 0 Å². The van der Waals surface area contributed by atoms with Gasteiger partial charge < -0.3 is 21.0 Å². The molecule has 3 aromatic carbocycles. The summed E-state index contributed by atoms with van der Waals surface area (Å²) in [4.78, 5) is 34.0. The van der Waals surface area contributed by atoms with E-state index in [-0.39, 0.29) is 6.42 Å². The van der Waals surface area contributed by atoms with E-state index in [9.17, 15) is 28.0 Å². The maximum Gasteiger partial charge on any atom is 0.490 e. The number of nitrogens with zero attached hydrogens (tertiary/aromatic N) is 2. The molecule has 0 bridgehead atoms. The molecule has 39 heavy (non-hydrogen) atoms. The Balaban J connectivity index is 0.000000673. The summed E-state index contributed by atoms with van der Waals surface area (Å²) in [6.07, 6.45) is -3.33. The Labute approximate surface area is 221 Å². The number of esters is 1. The van der Waals surface area contributed by atoms with Crippen LogP contribution in [-0.2, 0) is 20.7 Å². The zero-order valence-electron chi connectivity index (χ0n) is 20.5. The Morgan fingerprint density at radius 3 is 2.31 bits per heavy atom. The number of hydrogen-bond acceptors (Lipinski definition) is 7. The lowest BCUT2D eigenvalue weighted by atomic mass is 9.99. The van der Waals surface area contributed by atoms with Gasteiger partial charge in [0.25, 0.3) is 5.91 Å². The van der Waals surface area contributed by atoms with Crippen molar-refractivity contribution in [2.24, 2.45) is 10.9 Å². The molecule has 3 aromatic rings. The number of alkyl halides is 3. The van der Waals surface area contributed by atoms with Gasteiger partial charge in [0.15, 0.2) is 0 Å². The molecule has 0 fully saturated rings. The molecule has 0 aliphatic carbocycles. The fourth-order valence-electron chi connectivity index (χ4n) is 3.33. The highest BCUT2D eigenvalue weighted by Crippen LogP contribution is 2.23. The van der Waals surface area contributed by atoms with Crippen molar-refractivity contribution in [1.29, 1.82) is 5.26 Å². The number of ether oxygens (including phenoxy) is 1. The third-order valence-corrected chi connectivity index (χ3v) is 5.15. The van der Waals surface area contributed by atoms with Gasteiger partial charge in [-0.3, -0.25) is 4.79 Å². The quantitative estimate of drug-likeness (QED) is 0.179. The number of methoxy groups -OCH3 is 1. The highest BCUT2D eigenvalue weighted by Gasteiger charge is 2.38. The molecule has 4 N–H and O–H groups in total. The van der Waals surface area contributed by atoms with Crippen LogP contribution in [0.25, 0.3) is 11.1 Å². The van der Waals surface area contributed by atoms with Crippen molar-refractivity contribution in [3.8, 4) is 17.2 Å².